The molecular weight excluding hydrogens is 618 g/mol. The molecule has 0 heterocycles. The molecule has 0 N–H and O–H groups in total. The molecule has 0 spiro atoms. The fourth-order valence-corrected chi connectivity index (χ4v) is 14.6. The Morgan fingerprint density at radius 3 is 2.11 bits per heavy atom. The van der Waals surface area contributed by atoms with Crippen molar-refractivity contribution in [3.8, 4) is 11.1 Å². The molecule has 0 aromatic heterocycles. The van der Waals surface area contributed by atoms with Gasteiger partial charge in [-0.1, -0.05) is 0 Å². The summed E-state index contributed by atoms with van der Waals surface area (Å²) < 4.78 is 4.76. The van der Waals surface area contributed by atoms with Crippen molar-refractivity contribution in [2.45, 2.75) is 12.3 Å². The zero-order valence-electron chi connectivity index (χ0n) is 20.0. The predicted molar refractivity (Wildman–Crippen MR) is 150 cm³/mol. The first-order valence-corrected chi connectivity index (χ1v) is 16.7. The molecule has 2 heteroatoms. The minimum atomic E-state index is -2.52. The van der Waals surface area contributed by atoms with Crippen LogP contribution < -0.4 is 10.7 Å². The third-order valence-corrected chi connectivity index (χ3v) is 15.9. The minimum absolute atomic E-state index is 0. The van der Waals surface area contributed by atoms with Crippen molar-refractivity contribution in [1.29, 1.82) is 0 Å². The van der Waals surface area contributed by atoms with Crippen LogP contribution in [0.25, 0.3) is 17.2 Å². The van der Waals surface area contributed by atoms with Crippen LogP contribution in [0.15, 0.2) is 127 Å². The Labute approximate surface area is 239 Å². The van der Waals surface area contributed by atoms with Gasteiger partial charge in [-0.15, -0.1) is 0 Å². The zero-order valence-corrected chi connectivity index (χ0v) is 25.3. The SMILES string of the molecule is C1=CC(c2cccc[c]2[Sn]([c]2ccccc2)[c]2cccc3c2Cc2ccccc2-3)c2ccccc21.[Zr]. The molecule has 36 heavy (non-hydrogen) atoms. The van der Waals surface area contributed by atoms with E-state index < -0.39 is 19.8 Å². The number of allylic oxidation sites excluding steroid dienone is 1. The number of benzene rings is 5. The van der Waals surface area contributed by atoms with Crippen molar-refractivity contribution >= 4 is 36.6 Å². The van der Waals surface area contributed by atoms with E-state index in [1.54, 1.807) is 16.3 Å². The normalized spacial score (nSPS) is 14.8. The minimum Gasteiger partial charge on any atom is 0 e. The van der Waals surface area contributed by atoms with E-state index in [0.717, 1.165) is 6.42 Å². The summed E-state index contributed by atoms with van der Waals surface area (Å²) >= 11 is -2.52. The van der Waals surface area contributed by atoms with Crippen molar-refractivity contribution in [3.63, 3.8) is 0 Å². The fourth-order valence-electron chi connectivity index (χ4n) is 5.97. The summed E-state index contributed by atoms with van der Waals surface area (Å²) in [5.41, 5.74) is 10.2. The van der Waals surface area contributed by atoms with E-state index in [1.165, 1.54) is 33.4 Å². The molecule has 5 aromatic carbocycles. The van der Waals surface area contributed by atoms with Crippen LogP contribution in [0.5, 0.6) is 0 Å². The summed E-state index contributed by atoms with van der Waals surface area (Å²) in [7, 11) is 0. The molecule has 169 valence electrons. The van der Waals surface area contributed by atoms with Crippen molar-refractivity contribution in [2.75, 3.05) is 0 Å². The van der Waals surface area contributed by atoms with Gasteiger partial charge in [0, 0.05) is 26.2 Å². The molecular formula is C34H25SnZr. The van der Waals surface area contributed by atoms with Gasteiger partial charge in [-0.25, -0.2) is 0 Å². The van der Waals surface area contributed by atoms with Gasteiger partial charge in [-0.05, 0) is 0 Å². The second-order valence-electron chi connectivity index (χ2n) is 9.46. The Morgan fingerprint density at radius 2 is 1.22 bits per heavy atom. The van der Waals surface area contributed by atoms with Gasteiger partial charge in [0.2, 0.25) is 0 Å². The van der Waals surface area contributed by atoms with Gasteiger partial charge in [-0.2, -0.15) is 0 Å². The molecule has 1 atom stereocenters. The van der Waals surface area contributed by atoms with Gasteiger partial charge < -0.3 is 0 Å². The van der Waals surface area contributed by atoms with Gasteiger partial charge >= 0.3 is 215 Å². The molecule has 1 radical (unpaired) electrons. The molecule has 7 rings (SSSR count). The third-order valence-electron chi connectivity index (χ3n) is 7.55. The smallest absolute Gasteiger partial charge is 0 e. The summed E-state index contributed by atoms with van der Waals surface area (Å²) in [5, 5.41) is 0. The summed E-state index contributed by atoms with van der Waals surface area (Å²) in [4.78, 5) is 0. The average Bonchev–Trinajstić information content (AvgIpc) is 3.52. The topological polar surface area (TPSA) is 0 Å². The van der Waals surface area contributed by atoms with Crippen molar-refractivity contribution in [2.24, 2.45) is 0 Å². The monoisotopic (exact) mass is 643 g/mol. The first-order chi connectivity index (χ1) is 17.4. The summed E-state index contributed by atoms with van der Waals surface area (Å²) in [5.74, 6) is 0.329. The van der Waals surface area contributed by atoms with E-state index >= 15 is 0 Å². The van der Waals surface area contributed by atoms with Crippen LogP contribution >= 0.6 is 0 Å². The second kappa shape index (κ2) is 10.1. The van der Waals surface area contributed by atoms with Crippen LogP contribution in [-0.2, 0) is 32.6 Å². The Morgan fingerprint density at radius 1 is 0.556 bits per heavy atom. The number of hydrogen-bond acceptors (Lipinski definition) is 0. The molecule has 0 saturated carbocycles. The van der Waals surface area contributed by atoms with Crippen LogP contribution in [0.2, 0.25) is 0 Å². The third kappa shape index (κ3) is 4.01. The quantitative estimate of drug-likeness (QED) is 0.209. The van der Waals surface area contributed by atoms with Crippen LogP contribution in [0.3, 0.4) is 0 Å². The second-order valence-corrected chi connectivity index (χ2v) is 16.3. The molecule has 0 fully saturated rings. The standard InChI is InChI=1S/C15H11.C13H9.C6H5.Sn.Zr/c1-2-6-12(7-3-1)15-11-10-13-8-4-5-9-14(13)15;1-3-7-12-10(5-1)9-11-6-2-4-8-13(11)12;1-2-4-6-5-3-1;;/h1-6,8-11,15H;1-5,7-8H,9H2;1-5H;;. The maximum atomic E-state index is 2.45. The van der Waals surface area contributed by atoms with Gasteiger partial charge in [0.25, 0.3) is 0 Å². The summed E-state index contributed by atoms with van der Waals surface area (Å²) in [6, 6.07) is 45.6. The molecule has 1 unspecified atom stereocenters. The van der Waals surface area contributed by atoms with Crippen LogP contribution in [0.4, 0.5) is 0 Å². The Kier molecular flexibility index (Phi) is 6.71. The van der Waals surface area contributed by atoms with Crippen molar-refractivity contribution in [1.82, 2.24) is 0 Å². The van der Waals surface area contributed by atoms with Crippen LogP contribution in [-0.4, -0.2) is 19.8 Å². The fraction of sp³-hybridized carbons (Fsp3) is 0.0588. The van der Waals surface area contributed by atoms with E-state index in [-0.39, 0.29) is 26.2 Å². The van der Waals surface area contributed by atoms with Crippen LogP contribution in [0, 0.1) is 0 Å². The summed E-state index contributed by atoms with van der Waals surface area (Å²) in [6.07, 6.45) is 5.76. The van der Waals surface area contributed by atoms with Gasteiger partial charge in [0.15, 0.2) is 0 Å². The molecule has 2 aliphatic carbocycles. The molecule has 2 aliphatic rings. The average molecular weight is 644 g/mol. The maximum absolute atomic E-state index is 2.52. The van der Waals surface area contributed by atoms with E-state index in [4.69, 9.17) is 0 Å². The Balaban J connectivity index is 0.00000240. The molecule has 0 saturated heterocycles. The molecule has 0 amide bonds. The molecule has 5 aromatic rings. The van der Waals surface area contributed by atoms with Crippen molar-refractivity contribution < 1.29 is 26.2 Å². The van der Waals surface area contributed by atoms with E-state index in [0.29, 0.717) is 5.92 Å². The molecule has 0 aliphatic heterocycles. The molecule has 0 nitrogen and oxygen atoms in total. The number of hydrogen-bond donors (Lipinski definition) is 0. The van der Waals surface area contributed by atoms with E-state index in [1.807, 2.05) is 0 Å². The van der Waals surface area contributed by atoms with Crippen LogP contribution in [0.1, 0.15) is 33.7 Å². The van der Waals surface area contributed by atoms with Crippen molar-refractivity contribution in [3.05, 3.63) is 155 Å². The maximum Gasteiger partial charge on any atom is 0 e. The van der Waals surface area contributed by atoms with E-state index in [9.17, 15) is 0 Å². The number of fused-ring (bicyclic) bond motifs is 4. The van der Waals surface area contributed by atoms with Gasteiger partial charge in [0.05, 0.1) is 0 Å². The predicted octanol–water partition coefficient (Wildman–Crippen LogP) is 5.93. The van der Waals surface area contributed by atoms with E-state index in [2.05, 4.69) is 133 Å². The first-order valence-electron chi connectivity index (χ1n) is 12.4. The zero-order chi connectivity index (χ0) is 23.2. The Hall–Kier alpha value is -2.48. The molecule has 0 bridgehead atoms. The first kappa shape index (κ1) is 23.9. The van der Waals surface area contributed by atoms with Gasteiger partial charge in [-0.3, -0.25) is 0 Å². The summed E-state index contributed by atoms with van der Waals surface area (Å²) in [6.45, 7) is 0. The van der Waals surface area contributed by atoms with Gasteiger partial charge in [0.1, 0.15) is 0 Å². The Bertz CT molecular complexity index is 1580. The largest absolute Gasteiger partial charge is 0 e. The number of rotatable bonds is 4.